The number of hydrogen-bond acceptors (Lipinski definition) is 3. The molecule has 5 heteroatoms. The minimum atomic E-state index is 0.186. The molecule has 2 heterocycles. The second-order valence-electron chi connectivity index (χ2n) is 4.68. The first-order valence-corrected chi connectivity index (χ1v) is 6.86. The van der Waals surface area contributed by atoms with Crippen molar-refractivity contribution in [2.75, 3.05) is 0 Å². The van der Waals surface area contributed by atoms with E-state index in [9.17, 15) is 0 Å². The van der Waals surface area contributed by atoms with Gasteiger partial charge >= 0.3 is 0 Å². The summed E-state index contributed by atoms with van der Waals surface area (Å²) in [5.74, 6) is 0.937. The summed E-state index contributed by atoms with van der Waals surface area (Å²) in [5.41, 5.74) is 2.18. The second kappa shape index (κ2) is 5.71. The molecular weight excluding hydrogens is 294 g/mol. The molecule has 0 spiro atoms. The summed E-state index contributed by atoms with van der Waals surface area (Å²) in [4.78, 5) is 0. The zero-order valence-corrected chi connectivity index (χ0v) is 12.4. The molecule has 4 nitrogen and oxygen atoms in total. The fourth-order valence-corrected chi connectivity index (χ4v) is 2.34. The predicted octanol–water partition coefficient (Wildman–Crippen LogP) is 3.36. The number of rotatable bonds is 5. The molecule has 0 radical (unpaired) electrons. The third kappa shape index (κ3) is 3.46. The molecule has 2 aromatic heterocycles. The van der Waals surface area contributed by atoms with E-state index < -0.39 is 0 Å². The van der Waals surface area contributed by atoms with Gasteiger partial charge in [0.25, 0.3) is 0 Å². The van der Waals surface area contributed by atoms with Crippen molar-refractivity contribution in [2.24, 2.45) is 0 Å². The Hall–Kier alpha value is -1.07. The maximum absolute atomic E-state index is 5.53. The van der Waals surface area contributed by atoms with Crippen LogP contribution in [0.25, 0.3) is 0 Å². The smallest absolute Gasteiger partial charge is 0.169 e. The molecule has 0 aliphatic carbocycles. The topological polar surface area (TPSA) is 53.9 Å². The van der Waals surface area contributed by atoms with Crippen molar-refractivity contribution in [1.82, 2.24) is 15.5 Å². The van der Waals surface area contributed by atoms with Crippen molar-refractivity contribution in [2.45, 2.75) is 39.3 Å². The number of aryl methyl sites for hydroxylation is 1. The minimum absolute atomic E-state index is 0.186. The molecule has 2 N–H and O–H groups in total. The molecule has 0 amide bonds. The van der Waals surface area contributed by atoms with Gasteiger partial charge in [0.1, 0.15) is 5.76 Å². The van der Waals surface area contributed by atoms with Crippen molar-refractivity contribution in [3.05, 3.63) is 40.0 Å². The number of H-pyrrole nitrogens is 1. The Morgan fingerprint density at radius 1 is 1.44 bits per heavy atom. The zero-order chi connectivity index (χ0) is 13.1. The van der Waals surface area contributed by atoms with Crippen LogP contribution in [0.15, 0.2) is 27.3 Å². The summed E-state index contributed by atoms with van der Waals surface area (Å²) >= 11 is 3.31. The lowest BCUT2D eigenvalue weighted by molar-refractivity contribution is 0.388. The third-order valence-electron chi connectivity index (χ3n) is 2.83. The van der Waals surface area contributed by atoms with Gasteiger partial charge in [-0.3, -0.25) is 5.10 Å². The van der Waals surface area contributed by atoms with Gasteiger partial charge in [0.15, 0.2) is 4.67 Å². The van der Waals surface area contributed by atoms with Crippen LogP contribution in [0.3, 0.4) is 0 Å². The van der Waals surface area contributed by atoms with Crippen LogP contribution in [0.1, 0.15) is 37.0 Å². The zero-order valence-electron chi connectivity index (χ0n) is 10.8. The minimum Gasteiger partial charge on any atom is -0.453 e. The first kappa shape index (κ1) is 13.4. The Kier molecular flexibility index (Phi) is 4.24. The second-order valence-corrected chi connectivity index (χ2v) is 5.46. The maximum Gasteiger partial charge on any atom is 0.169 e. The van der Waals surface area contributed by atoms with Gasteiger partial charge in [-0.25, -0.2) is 0 Å². The monoisotopic (exact) mass is 311 g/mol. The number of aromatic nitrogens is 2. The fraction of sp³-hybridized carbons (Fsp3) is 0.462. The average Bonchev–Trinajstić information content (AvgIpc) is 2.87. The van der Waals surface area contributed by atoms with Gasteiger partial charge in [-0.1, -0.05) is 0 Å². The molecule has 0 aliphatic heterocycles. The molecule has 98 valence electrons. The van der Waals surface area contributed by atoms with E-state index in [-0.39, 0.29) is 6.04 Å². The highest BCUT2D eigenvalue weighted by molar-refractivity contribution is 9.10. The van der Waals surface area contributed by atoms with Crippen LogP contribution >= 0.6 is 15.9 Å². The molecule has 0 saturated carbocycles. The molecule has 0 aliphatic rings. The van der Waals surface area contributed by atoms with Crippen molar-refractivity contribution in [3.63, 3.8) is 0 Å². The molecule has 0 fully saturated rings. The van der Waals surface area contributed by atoms with Gasteiger partial charge in [0.05, 0.1) is 11.7 Å². The first-order chi connectivity index (χ1) is 8.54. The summed E-state index contributed by atoms with van der Waals surface area (Å²) in [6.07, 6.45) is 0.899. The van der Waals surface area contributed by atoms with Crippen LogP contribution in [-0.4, -0.2) is 16.2 Å². The largest absolute Gasteiger partial charge is 0.453 e. The SMILES string of the molecule is Cc1cc(C[C@H](C)N[C@H](C)c2ccc(Br)o2)n[nH]1. The molecule has 0 bridgehead atoms. The standard InChI is InChI=1S/C13H18BrN3O/c1-8(6-11-7-9(2)16-17-11)15-10(3)12-4-5-13(14)18-12/h4-5,7-8,10,15H,6H2,1-3H3,(H,16,17)/t8-,10+/m0/s1. The number of nitrogens with one attached hydrogen (secondary N) is 2. The van der Waals surface area contributed by atoms with Crippen LogP contribution in [0.4, 0.5) is 0 Å². The Morgan fingerprint density at radius 2 is 2.22 bits per heavy atom. The molecule has 2 aromatic rings. The van der Waals surface area contributed by atoms with Crippen molar-refractivity contribution in [3.8, 4) is 0 Å². The molecule has 2 rings (SSSR count). The third-order valence-corrected chi connectivity index (χ3v) is 3.26. The Labute approximate surface area is 115 Å². The van der Waals surface area contributed by atoms with Gasteiger partial charge in [-0.15, -0.1) is 0 Å². The summed E-state index contributed by atoms with van der Waals surface area (Å²) in [6.45, 7) is 6.26. The van der Waals surface area contributed by atoms with Gasteiger partial charge in [-0.05, 0) is 54.9 Å². The first-order valence-electron chi connectivity index (χ1n) is 6.07. The van der Waals surface area contributed by atoms with Gasteiger partial charge in [0.2, 0.25) is 0 Å². The fourth-order valence-electron chi connectivity index (χ4n) is 2.02. The number of halogens is 1. The summed E-state index contributed by atoms with van der Waals surface area (Å²) in [6, 6.07) is 6.49. The Bertz CT molecular complexity index is 506. The highest BCUT2D eigenvalue weighted by atomic mass is 79.9. The van der Waals surface area contributed by atoms with Crippen LogP contribution in [-0.2, 0) is 6.42 Å². The molecule has 2 atom stereocenters. The van der Waals surface area contributed by atoms with Crippen LogP contribution < -0.4 is 5.32 Å². The summed E-state index contributed by atoms with van der Waals surface area (Å²) in [5, 5.41) is 10.7. The molecule has 18 heavy (non-hydrogen) atoms. The lowest BCUT2D eigenvalue weighted by Gasteiger charge is -2.17. The molecule has 0 unspecified atom stereocenters. The van der Waals surface area contributed by atoms with Crippen LogP contribution in [0, 0.1) is 6.92 Å². The van der Waals surface area contributed by atoms with Gasteiger partial charge in [-0.2, -0.15) is 5.10 Å². The molecular formula is C13H18BrN3O. The predicted molar refractivity (Wildman–Crippen MR) is 74.4 cm³/mol. The summed E-state index contributed by atoms with van der Waals surface area (Å²) < 4.78 is 6.30. The van der Waals surface area contributed by atoms with E-state index >= 15 is 0 Å². The number of hydrogen-bond donors (Lipinski definition) is 2. The van der Waals surface area contributed by atoms with E-state index in [1.54, 1.807) is 0 Å². The molecule has 0 saturated heterocycles. The lowest BCUT2D eigenvalue weighted by Crippen LogP contribution is -2.30. The quantitative estimate of drug-likeness (QED) is 0.890. The van der Waals surface area contributed by atoms with E-state index in [2.05, 4.69) is 51.4 Å². The number of nitrogens with zero attached hydrogens (tertiary/aromatic N) is 1. The van der Waals surface area contributed by atoms with Crippen molar-refractivity contribution in [1.29, 1.82) is 0 Å². The summed E-state index contributed by atoms with van der Waals surface area (Å²) in [7, 11) is 0. The Balaban J connectivity index is 1.89. The van der Waals surface area contributed by atoms with E-state index in [1.807, 2.05) is 19.1 Å². The highest BCUT2D eigenvalue weighted by Crippen LogP contribution is 2.20. The van der Waals surface area contributed by atoms with Crippen LogP contribution in [0.5, 0.6) is 0 Å². The maximum atomic E-state index is 5.53. The average molecular weight is 312 g/mol. The lowest BCUT2D eigenvalue weighted by atomic mass is 10.1. The molecule has 0 aromatic carbocycles. The van der Waals surface area contributed by atoms with Crippen LogP contribution in [0.2, 0.25) is 0 Å². The van der Waals surface area contributed by atoms with E-state index in [0.29, 0.717) is 6.04 Å². The Morgan fingerprint density at radius 3 is 2.78 bits per heavy atom. The van der Waals surface area contributed by atoms with Crippen molar-refractivity contribution >= 4 is 15.9 Å². The van der Waals surface area contributed by atoms with Gasteiger partial charge < -0.3 is 9.73 Å². The van der Waals surface area contributed by atoms with E-state index in [1.165, 1.54) is 0 Å². The van der Waals surface area contributed by atoms with E-state index in [4.69, 9.17) is 4.42 Å². The number of furan rings is 1. The van der Waals surface area contributed by atoms with E-state index in [0.717, 1.165) is 28.2 Å². The normalized spacial score (nSPS) is 14.7. The van der Waals surface area contributed by atoms with Crippen molar-refractivity contribution < 1.29 is 4.42 Å². The highest BCUT2D eigenvalue weighted by Gasteiger charge is 2.14. The van der Waals surface area contributed by atoms with Gasteiger partial charge in [0, 0.05) is 18.2 Å². The number of aromatic amines is 1.